The van der Waals surface area contributed by atoms with E-state index in [0.717, 1.165) is 38.4 Å². The van der Waals surface area contributed by atoms with Crippen molar-refractivity contribution >= 4 is 39.9 Å². The van der Waals surface area contributed by atoms with Crippen LogP contribution in [0.25, 0.3) is 0 Å². The van der Waals surface area contributed by atoms with Gasteiger partial charge in [0.25, 0.3) is 0 Å². The summed E-state index contributed by atoms with van der Waals surface area (Å²) in [6, 6.07) is 18.2. The Morgan fingerprint density at radius 1 is 0.966 bits per heavy atom. The molecule has 3 nitrogen and oxygen atoms in total. The van der Waals surface area contributed by atoms with Gasteiger partial charge in [0, 0.05) is 17.3 Å². The Labute approximate surface area is 191 Å². The summed E-state index contributed by atoms with van der Waals surface area (Å²) >= 11 is 8.39. The molecule has 0 heterocycles. The minimum Gasteiger partial charge on any atom is -0.490 e. The van der Waals surface area contributed by atoms with Gasteiger partial charge in [0.2, 0.25) is 0 Å². The van der Waals surface area contributed by atoms with Crippen molar-refractivity contribution in [3.63, 3.8) is 0 Å². The van der Waals surface area contributed by atoms with Gasteiger partial charge < -0.3 is 14.8 Å². The first-order valence-electron chi connectivity index (χ1n) is 9.60. The fourth-order valence-corrected chi connectivity index (χ4v) is 4.08. The quantitative estimate of drug-likeness (QED) is 0.319. The lowest BCUT2D eigenvalue weighted by Crippen LogP contribution is -2.05. The molecule has 0 unspecified atom stereocenters. The van der Waals surface area contributed by atoms with Gasteiger partial charge in [-0.1, -0.05) is 35.9 Å². The minimum atomic E-state index is 0.441. The summed E-state index contributed by atoms with van der Waals surface area (Å²) in [6.45, 7) is 7.99. The summed E-state index contributed by atoms with van der Waals surface area (Å²) in [7, 11) is 0. The lowest BCUT2D eigenvalue weighted by atomic mass is 10.1. The Hall–Kier alpha value is -1.92. The van der Waals surface area contributed by atoms with Crippen LogP contribution in [0.1, 0.15) is 29.2 Å². The lowest BCUT2D eigenvalue weighted by Gasteiger charge is -2.17. The lowest BCUT2D eigenvalue weighted by molar-refractivity contribution is 0.267. The van der Waals surface area contributed by atoms with Crippen LogP contribution in [0.2, 0.25) is 5.02 Å². The van der Waals surface area contributed by atoms with Gasteiger partial charge in [-0.3, -0.25) is 0 Å². The van der Waals surface area contributed by atoms with Gasteiger partial charge >= 0.3 is 0 Å². The van der Waals surface area contributed by atoms with Crippen LogP contribution in [-0.2, 0) is 13.2 Å². The predicted octanol–water partition coefficient (Wildman–Crippen LogP) is 7.15. The maximum atomic E-state index is 6.10. The van der Waals surface area contributed by atoms with Gasteiger partial charge in [0.15, 0.2) is 11.5 Å². The van der Waals surface area contributed by atoms with Crippen molar-refractivity contribution in [3.05, 3.63) is 85.4 Å². The van der Waals surface area contributed by atoms with E-state index in [2.05, 4.69) is 72.1 Å². The molecule has 0 atom stereocenters. The summed E-state index contributed by atoms with van der Waals surface area (Å²) < 4.78 is 13.0. The summed E-state index contributed by atoms with van der Waals surface area (Å²) in [6.07, 6.45) is 0. The molecule has 29 heavy (non-hydrogen) atoms. The van der Waals surface area contributed by atoms with E-state index >= 15 is 0 Å². The standard InChI is InChI=1S/C24H25ClINO2/c1-4-28-23-13-19(14-27-22-10-5-7-16(2)17(22)3)12-21(26)24(23)29-15-18-8-6-9-20(25)11-18/h5-13,27H,4,14-15H2,1-3H3. The summed E-state index contributed by atoms with van der Waals surface area (Å²) in [4.78, 5) is 0. The topological polar surface area (TPSA) is 30.5 Å². The van der Waals surface area contributed by atoms with E-state index in [1.807, 2.05) is 31.2 Å². The number of rotatable bonds is 8. The van der Waals surface area contributed by atoms with E-state index in [0.29, 0.717) is 18.2 Å². The van der Waals surface area contributed by atoms with E-state index in [-0.39, 0.29) is 0 Å². The zero-order valence-electron chi connectivity index (χ0n) is 16.9. The molecule has 152 valence electrons. The SMILES string of the molecule is CCOc1cc(CNc2cccc(C)c2C)cc(I)c1OCc1cccc(Cl)c1. The number of ether oxygens (including phenoxy) is 2. The molecule has 0 fully saturated rings. The molecule has 0 saturated carbocycles. The van der Waals surface area contributed by atoms with Gasteiger partial charge in [-0.2, -0.15) is 0 Å². The molecule has 1 N–H and O–H groups in total. The van der Waals surface area contributed by atoms with Crippen LogP contribution in [0.5, 0.6) is 11.5 Å². The fraction of sp³-hybridized carbons (Fsp3) is 0.250. The second kappa shape index (κ2) is 10.2. The molecule has 0 amide bonds. The van der Waals surface area contributed by atoms with E-state index in [1.54, 1.807) is 0 Å². The van der Waals surface area contributed by atoms with E-state index in [9.17, 15) is 0 Å². The Kier molecular flexibility index (Phi) is 7.67. The molecule has 3 rings (SSSR count). The molecule has 0 aliphatic rings. The molecule has 0 radical (unpaired) electrons. The number of aryl methyl sites for hydroxylation is 1. The van der Waals surface area contributed by atoms with Crippen LogP contribution < -0.4 is 14.8 Å². The zero-order valence-corrected chi connectivity index (χ0v) is 19.8. The first-order chi connectivity index (χ1) is 14.0. The van der Waals surface area contributed by atoms with Gasteiger partial charge in [0.1, 0.15) is 6.61 Å². The highest BCUT2D eigenvalue weighted by molar-refractivity contribution is 14.1. The number of hydrogen-bond acceptors (Lipinski definition) is 3. The number of anilines is 1. The predicted molar refractivity (Wildman–Crippen MR) is 129 cm³/mol. The van der Waals surface area contributed by atoms with Crippen LogP contribution in [0.4, 0.5) is 5.69 Å². The third-order valence-corrected chi connectivity index (χ3v) is 5.77. The zero-order chi connectivity index (χ0) is 20.8. The smallest absolute Gasteiger partial charge is 0.174 e. The molecule has 3 aromatic carbocycles. The van der Waals surface area contributed by atoms with Crippen molar-refractivity contribution < 1.29 is 9.47 Å². The maximum absolute atomic E-state index is 6.10. The average Bonchev–Trinajstić information content (AvgIpc) is 2.69. The summed E-state index contributed by atoms with van der Waals surface area (Å²) in [5, 5.41) is 4.24. The van der Waals surface area contributed by atoms with Crippen molar-refractivity contribution in [2.75, 3.05) is 11.9 Å². The monoisotopic (exact) mass is 521 g/mol. The molecule has 0 bridgehead atoms. The Bertz CT molecular complexity index is 991. The molecule has 0 saturated heterocycles. The normalized spacial score (nSPS) is 10.7. The first-order valence-corrected chi connectivity index (χ1v) is 11.1. The second-order valence-electron chi connectivity index (χ2n) is 6.86. The molecule has 5 heteroatoms. The molecule has 0 spiro atoms. The van der Waals surface area contributed by atoms with Gasteiger partial charge in [0.05, 0.1) is 10.2 Å². The first kappa shape index (κ1) is 21.8. The van der Waals surface area contributed by atoms with Crippen molar-refractivity contribution in [1.82, 2.24) is 0 Å². The van der Waals surface area contributed by atoms with Crippen molar-refractivity contribution in [1.29, 1.82) is 0 Å². The summed E-state index contributed by atoms with van der Waals surface area (Å²) in [5.74, 6) is 1.53. The summed E-state index contributed by atoms with van der Waals surface area (Å²) in [5.41, 5.74) is 5.88. The Balaban J connectivity index is 1.77. The Morgan fingerprint density at radius 2 is 1.76 bits per heavy atom. The van der Waals surface area contributed by atoms with Crippen LogP contribution in [0.15, 0.2) is 54.6 Å². The van der Waals surface area contributed by atoms with E-state index in [1.165, 1.54) is 11.1 Å². The maximum Gasteiger partial charge on any atom is 0.174 e. The molecular formula is C24H25ClINO2. The largest absolute Gasteiger partial charge is 0.490 e. The highest BCUT2D eigenvalue weighted by atomic mass is 127. The number of benzene rings is 3. The molecule has 0 aliphatic heterocycles. The van der Waals surface area contributed by atoms with Gasteiger partial charge in [-0.05, 0) is 95.9 Å². The highest BCUT2D eigenvalue weighted by Crippen LogP contribution is 2.35. The van der Waals surface area contributed by atoms with Crippen LogP contribution in [-0.4, -0.2) is 6.61 Å². The average molecular weight is 522 g/mol. The van der Waals surface area contributed by atoms with Crippen molar-refractivity contribution in [2.24, 2.45) is 0 Å². The second-order valence-corrected chi connectivity index (χ2v) is 8.46. The molecule has 3 aromatic rings. The van der Waals surface area contributed by atoms with Crippen LogP contribution in [0, 0.1) is 17.4 Å². The molecular weight excluding hydrogens is 497 g/mol. The number of nitrogens with one attached hydrogen (secondary N) is 1. The van der Waals surface area contributed by atoms with Gasteiger partial charge in [-0.25, -0.2) is 0 Å². The highest BCUT2D eigenvalue weighted by Gasteiger charge is 2.13. The van der Waals surface area contributed by atoms with E-state index in [4.69, 9.17) is 21.1 Å². The van der Waals surface area contributed by atoms with Crippen molar-refractivity contribution in [3.8, 4) is 11.5 Å². The molecule has 0 aliphatic carbocycles. The van der Waals surface area contributed by atoms with Crippen LogP contribution >= 0.6 is 34.2 Å². The third kappa shape index (κ3) is 5.80. The fourth-order valence-electron chi connectivity index (χ4n) is 3.05. The van der Waals surface area contributed by atoms with Crippen LogP contribution in [0.3, 0.4) is 0 Å². The van der Waals surface area contributed by atoms with Crippen molar-refractivity contribution in [2.45, 2.75) is 33.9 Å². The third-order valence-electron chi connectivity index (χ3n) is 4.73. The van der Waals surface area contributed by atoms with E-state index < -0.39 is 0 Å². The number of hydrogen-bond donors (Lipinski definition) is 1. The molecule has 0 aromatic heterocycles. The Morgan fingerprint density at radius 3 is 2.52 bits per heavy atom. The minimum absolute atomic E-state index is 0.441. The van der Waals surface area contributed by atoms with Gasteiger partial charge in [-0.15, -0.1) is 0 Å². The number of halogens is 2.